The van der Waals surface area contributed by atoms with Crippen molar-refractivity contribution in [1.29, 1.82) is 0 Å². The summed E-state index contributed by atoms with van der Waals surface area (Å²) in [6.07, 6.45) is 16.7. The summed E-state index contributed by atoms with van der Waals surface area (Å²) in [4.78, 5) is 12.1. The van der Waals surface area contributed by atoms with E-state index in [1.165, 1.54) is 69.8 Å². The Morgan fingerprint density at radius 3 is 2.61 bits per heavy atom. The smallest absolute Gasteiger partial charge is 0.307 e. The van der Waals surface area contributed by atoms with Gasteiger partial charge in [0.1, 0.15) is 5.76 Å². The van der Waals surface area contributed by atoms with Crippen LogP contribution in [0.3, 0.4) is 0 Å². The van der Waals surface area contributed by atoms with E-state index in [4.69, 9.17) is 4.74 Å². The molecule has 0 heterocycles. The fourth-order valence-corrected chi connectivity index (χ4v) is 8.19. The number of esters is 1. The van der Waals surface area contributed by atoms with Crippen molar-refractivity contribution in [2.45, 2.75) is 112 Å². The van der Waals surface area contributed by atoms with Crippen molar-refractivity contribution in [1.82, 2.24) is 0 Å². The molecule has 0 N–H and O–H groups in total. The fraction of sp³-hybridized carbons (Fsp3) is 0.828. The van der Waals surface area contributed by atoms with Crippen molar-refractivity contribution in [3.8, 4) is 0 Å². The summed E-state index contributed by atoms with van der Waals surface area (Å²) in [5.74, 6) is 4.47. The van der Waals surface area contributed by atoms with Gasteiger partial charge >= 0.3 is 5.97 Å². The van der Waals surface area contributed by atoms with E-state index in [9.17, 15) is 4.79 Å². The number of ether oxygens (including phenoxy) is 1. The maximum Gasteiger partial charge on any atom is 0.307 e. The third-order valence-electron chi connectivity index (χ3n) is 9.97. The normalized spacial score (nSPS) is 38.3. The fourth-order valence-electron chi connectivity index (χ4n) is 8.19. The molecule has 2 nitrogen and oxygen atoms in total. The van der Waals surface area contributed by atoms with Crippen LogP contribution in [0.15, 0.2) is 23.0 Å². The summed E-state index contributed by atoms with van der Waals surface area (Å²) >= 11 is 0. The van der Waals surface area contributed by atoms with Gasteiger partial charge < -0.3 is 4.74 Å². The predicted molar refractivity (Wildman–Crippen MR) is 128 cm³/mol. The Bertz CT molecular complexity index is 759. The maximum absolute atomic E-state index is 12.1. The second-order valence-electron chi connectivity index (χ2n) is 12.4. The summed E-state index contributed by atoms with van der Waals surface area (Å²) in [6, 6.07) is 0. The lowest BCUT2D eigenvalue weighted by molar-refractivity contribution is -0.138. The molecule has 4 aliphatic rings. The van der Waals surface area contributed by atoms with Crippen LogP contribution >= 0.6 is 0 Å². The van der Waals surface area contributed by atoms with Gasteiger partial charge in [0.2, 0.25) is 0 Å². The van der Waals surface area contributed by atoms with Crippen LogP contribution in [0.1, 0.15) is 112 Å². The number of hydrogen-bond donors (Lipinski definition) is 0. The second kappa shape index (κ2) is 8.71. The van der Waals surface area contributed by atoms with Crippen LogP contribution in [0, 0.1) is 40.4 Å². The highest BCUT2D eigenvalue weighted by Crippen LogP contribution is 2.66. The minimum Gasteiger partial charge on any atom is -0.431 e. The molecule has 2 heteroatoms. The van der Waals surface area contributed by atoms with E-state index >= 15 is 0 Å². The molecule has 31 heavy (non-hydrogen) atoms. The van der Waals surface area contributed by atoms with Gasteiger partial charge in [0.25, 0.3) is 0 Å². The maximum atomic E-state index is 12.1. The number of fused-ring (bicyclic) bond motifs is 5. The van der Waals surface area contributed by atoms with Gasteiger partial charge in [0, 0.05) is 13.3 Å². The molecule has 0 spiro atoms. The Balaban J connectivity index is 1.64. The Morgan fingerprint density at radius 1 is 1.13 bits per heavy atom. The van der Waals surface area contributed by atoms with Crippen molar-refractivity contribution in [3.63, 3.8) is 0 Å². The molecule has 2 saturated carbocycles. The zero-order chi connectivity index (χ0) is 22.4. The van der Waals surface area contributed by atoms with Crippen molar-refractivity contribution in [3.05, 3.63) is 23.0 Å². The number of carbonyl (C=O) groups is 1. The molecule has 0 aliphatic heterocycles. The molecule has 2 fully saturated rings. The molecule has 0 saturated heterocycles. The summed E-state index contributed by atoms with van der Waals surface area (Å²) in [5, 5.41) is 0. The van der Waals surface area contributed by atoms with Crippen LogP contribution in [-0.4, -0.2) is 5.97 Å². The Morgan fingerprint density at radius 2 is 1.90 bits per heavy atom. The highest BCUT2D eigenvalue weighted by atomic mass is 16.5. The van der Waals surface area contributed by atoms with Crippen LogP contribution in [0.4, 0.5) is 0 Å². The lowest BCUT2D eigenvalue weighted by Crippen LogP contribution is -2.47. The third-order valence-corrected chi connectivity index (χ3v) is 9.97. The highest BCUT2D eigenvalue weighted by Gasteiger charge is 2.56. The average molecular weight is 427 g/mol. The third kappa shape index (κ3) is 4.06. The monoisotopic (exact) mass is 426 g/mol. The summed E-state index contributed by atoms with van der Waals surface area (Å²) in [5.41, 5.74) is 3.69. The molecule has 0 radical (unpaired) electrons. The van der Waals surface area contributed by atoms with Gasteiger partial charge in [0.05, 0.1) is 0 Å². The molecular formula is C29H46O2. The average Bonchev–Trinajstić information content (AvgIpc) is 3.04. The molecule has 6 unspecified atom stereocenters. The highest BCUT2D eigenvalue weighted by molar-refractivity contribution is 5.68. The van der Waals surface area contributed by atoms with Crippen LogP contribution in [-0.2, 0) is 9.53 Å². The van der Waals surface area contributed by atoms with Crippen LogP contribution < -0.4 is 0 Å². The summed E-state index contributed by atoms with van der Waals surface area (Å²) < 4.78 is 5.99. The van der Waals surface area contributed by atoms with Crippen LogP contribution in [0.2, 0.25) is 0 Å². The predicted octanol–water partition coefficient (Wildman–Crippen LogP) is 8.23. The van der Waals surface area contributed by atoms with E-state index < -0.39 is 0 Å². The lowest BCUT2D eigenvalue weighted by Gasteiger charge is -2.56. The minimum absolute atomic E-state index is 0.134. The molecule has 0 amide bonds. The Hall–Kier alpha value is -1.05. The quantitative estimate of drug-likeness (QED) is 0.400. The molecular weight excluding hydrogens is 380 g/mol. The van der Waals surface area contributed by atoms with Crippen molar-refractivity contribution in [2.75, 3.05) is 0 Å². The van der Waals surface area contributed by atoms with Gasteiger partial charge in [-0.25, -0.2) is 0 Å². The van der Waals surface area contributed by atoms with Crippen molar-refractivity contribution in [2.24, 2.45) is 40.4 Å². The van der Waals surface area contributed by atoms with E-state index in [2.05, 4.69) is 40.7 Å². The van der Waals surface area contributed by atoms with Gasteiger partial charge in [0.15, 0.2) is 0 Å². The largest absolute Gasteiger partial charge is 0.431 e. The number of allylic oxidation sites excluding steroid dienone is 4. The van der Waals surface area contributed by atoms with E-state index in [-0.39, 0.29) is 11.4 Å². The van der Waals surface area contributed by atoms with Gasteiger partial charge in [-0.3, -0.25) is 4.79 Å². The zero-order valence-corrected chi connectivity index (χ0v) is 21.1. The molecule has 0 aromatic rings. The van der Waals surface area contributed by atoms with E-state index in [1.807, 2.05) is 0 Å². The van der Waals surface area contributed by atoms with E-state index in [1.54, 1.807) is 12.5 Å². The second-order valence-corrected chi connectivity index (χ2v) is 12.4. The first kappa shape index (κ1) is 23.1. The molecule has 6 atom stereocenters. The van der Waals surface area contributed by atoms with Gasteiger partial charge in [-0.15, -0.1) is 0 Å². The van der Waals surface area contributed by atoms with Crippen molar-refractivity contribution >= 4 is 5.97 Å². The Labute approximate surface area is 191 Å². The van der Waals surface area contributed by atoms with Gasteiger partial charge in [-0.1, -0.05) is 72.8 Å². The number of hydrogen-bond acceptors (Lipinski definition) is 2. The van der Waals surface area contributed by atoms with Gasteiger partial charge in [-0.05, 0) is 83.7 Å². The summed E-state index contributed by atoms with van der Waals surface area (Å²) in [7, 11) is 0. The molecule has 0 aromatic heterocycles. The Kier molecular flexibility index (Phi) is 6.50. The van der Waals surface area contributed by atoms with Crippen molar-refractivity contribution < 1.29 is 9.53 Å². The molecule has 4 rings (SSSR count). The number of rotatable bonds is 6. The summed E-state index contributed by atoms with van der Waals surface area (Å²) in [6.45, 7) is 13.9. The topological polar surface area (TPSA) is 26.3 Å². The zero-order valence-electron chi connectivity index (χ0n) is 21.1. The standard InChI is InChI=1S/C29H46O2/c1-19(2)10-9-11-20(3)23-13-14-24-27-25(15-17-29(23,24)6)28(5)16-8-7-12-22(28)18-26(27)31-21(4)30/h14,19-20,22-23,25H,7-13,15-18H2,1-6H3. The van der Waals surface area contributed by atoms with Crippen LogP contribution in [0.25, 0.3) is 0 Å². The molecule has 174 valence electrons. The molecule has 0 aromatic carbocycles. The SMILES string of the molecule is CC(=O)OC1=C2C3=CCC(C(C)CCCC(C)C)C3(C)CCC2C2(C)CCCCC2C1. The number of carbonyl (C=O) groups excluding carboxylic acids is 1. The first-order valence-corrected chi connectivity index (χ1v) is 13.3. The van der Waals surface area contributed by atoms with E-state index in [0.717, 1.165) is 29.9 Å². The first-order valence-electron chi connectivity index (χ1n) is 13.3. The molecule has 4 aliphatic carbocycles. The lowest BCUT2D eigenvalue weighted by atomic mass is 9.48. The first-order chi connectivity index (χ1) is 14.7. The van der Waals surface area contributed by atoms with E-state index in [0.29, 0.717) is 17.3 Å². The van der Waals surface area contributed by atoms with Crippen LogP contribution in [0.5, 0.6) is 0 Å². The molecule has 0 bridgehead atoms. The minimum atomic E-state index is -0.134. The van der Waals surface area contributed by atoms with Gasteiger partial charge in [-0.2, -0.15) is 0 Å².